The van der Waals surface area contributed by atoms with E-state index in [9.17, 15) is 4.79 Å². The van der Waals surface area contributed by atoms with Crippen LogP contribution in [-0.4, -0.2) is 49.1 Å². The van der Waals surface area contributed by atoms with Crippen molar-refractivity contribution in [2.45, 2.75) is 44.7 Å². The topological polar surface area (TPSA) is 44.4 Å². The van der Waals surface area contributed by atoms with Gasteiger partial charge in [0, 0.05) is 31.7 Å². The van der Waals surface area contributed by atoms with Crippen LogP contribution in [0, 0.1) is 5.41 Å². The normalized spacial score (nSPS) is 34.5. The van der Waals surface area contributed by atoms with E-state index in [2.05, 4.69) is 22.5 Å². The van der Waals surface area contributed by atoms with Crippen LogP contribution in [0.4, 0.5) is 0 Å². The van der Waals surface area contributed by atoms with Crippen molar-refractivity contribution in [1.82, 2.24) is 15.5 Å². The third-order valence-electron chi connectivity index (χ3n) is 4.54. The third kappa shape index (κ3) is 3.75. The zero-order valence-electron chi connectivity index (χ0n) is 11.5. The highest BCUT2D eigenvalue weighted by atomic mass is 35.5. The van der Waals surface area contributed by atoms with Crippen LogP contribution < -0.4 is 10.6 Å². The molecule has 0 aromatic carbocycles. The first-order valence-corrected chi connectivity index (χ1v) is 6.93. The minimum atomic E-state index is -0.174. The first-order chi connectivity index (χ1) is 8.17. The number of rotatable bonds is 3. The smallest absolute Gasteiger partial charge is 0.227 e. The molecule has 1 amide bonds. The van der Waals surface area contributed by atoms with Gasteiger partial charge in [-0.3, -0.25) is 9.69 Å². The largest absolute Gasteiger partial charge is 0.352 e. The molecule has 2 saturated heterocycles. The average Bonchev–Trinajstić information content (AvgIpc) is 2.89. The number of nitrogens with one attached hydrogen (secondary N) is 2. The molecule has 112 valence electrons. The summed E-state index contributed by atoms with van der Waals surface area (Å²) in [6, 6.07) is 1.22. The number of carbonyl (C=O) groups is 1. The van der Waals surface area contributed by atoms with Gasteiger partial charge in [0.15, 0.2) is 0 Å². The molecule has 19 heavy (non-hydrogen) atoms. The summed E-state index contributed by atoms with van der Waals surface area (Å²) < 4.78 is 0. The van der Waals surface area contributed by atoms with Gasteiger partial charge >= 0.3 is 0 Å². The van der Waals surface area contributed by atoms with E-state index in [1.807, 2.05) is 0 Å². The average molecular weight is 310 g/mol. The van der Waals surface area contributed by atoms with E-state index in [-0.39, 0.29) is 36.1 Å². The van der Waals surface area contributed by atoms with Gasteiger partial charge in [0.2, 0.25) is 5.91 Å². The molecule has 0 spiro atoms. The summed E-state index contributed by atoms with van der Waals surface area (Å²) >= 11 is 0. The minimum absolute atomic E-state index is 0. The van der Waals surface area contributed by atoms with Gasteiger partial charge in [0.25, 0.3) is 0 Å². The number of amides is 1. The molecule has 0 aromatic heterocycles. The molecule has 3 fully saturated rings. The summed E-state index contributed by atoms with van der Waals surface area (Å²) in [6.07, 6.45) is 4.83. The molecular weight excluding hydrogens is 285 g/mol. The number of nitrogens with zero attached hydrogens (tertiary/aromatic N) is 1. The fraction of sp³-hybridized carbons (Fsp3) is 0.923. The molecule has 1 saturated carbocycles. The highest BCUT2D eigenvalue weighted by molar-refractivity contribution is 5.85. The fourth-order valence-corrected chi connectivity index (χ4v) is 3.05. The van der Waals surface area contributed by atoms with E-state index in [1.54, 1.807) is 0 Å². The molecule has 2 unspecified atom stereocenters. The predicted molar refractivity (Wildman–Crippen MR) is 81.2 cm³/mol. The second-order valence-electron chi connectivity index (χ2n) is 6.17. The Morgan fingerprint density at radius 2 is 2.05 bits per heavy atom. The number of halogens is 2. The fourth-order valence-electron chi connectivity index (χ4n) is 3.05. The van der Waals surface area contributed by atoms with Crippen LogP contribution in [0.2, 0.25) is 0 Å². The van der Waals surface area contributed by atoms with Crippen LogP contribution in [-0.2, 0) is 4.79 Å². The van der Waals surface area contributed by atoms with Gasteiger partial charge in [-0.05, 0) is 39.2 Å². The SMILES string of the molecule is CC1(C(=O)NC2CCN(C3CC3)C2)CCNC1.Cl.Cl. The van der Waals surface area contributed by atoms with Gasteiger partial charge in [0.1, 0.15) is 0 Å². The zero-order valence-corrected chi connectivity index (χ0v) is 13.1. The van der Waals surface area contributed by atoms with E-state index in [1.165, 1.54) is 19.4 Å². The van der Waals surface area contributed by atoms with Gasteiger partial charge in [-0.15, -0.1) is 24.8 Å². The third-order valence-corrected chi connectivity index (χ3v) is 4.54. The highest BCUT2D eigenvalue weighted by Gasteiger charge is 2.39. The summed E-state index contributed by atoms with van der Waals surface area (Å²) in [6.45, 7) is 6.13. The van der Waals surface area contributed by atoms with Crippen LogP contribution in [0.3, 0.4) is 0 Å². The lowest BCUT2D eigenvalue weighted by atomic mass is 9.88. The Morgan fingerprint density at radius 1 is 1.32 bits per heavy atom. The molecule has 4 nitrogen and oxygen atoms in total. The van der Waals surface area contributed by atoms with Crippen molar-refractivity contribution in [2.24, 2.45) is 5.41 Å². The molecular formula is C13H25Cl2N3O. The Hall–Kier alpha value is -0.0300. The molecule has 2 N–H and O–H groups in total. The van der Waals surface area contributed by atoms with Crippen LogP contribution >= 0.6 is 24.8 Å². The number of hydrogen-bond acceptors (Lipinski definition) is 3. The first kappa shape index (κ1) is 17.0. The second-order valence-corrected chi connectivity index (χ2v) is 6.17. The van der Waals surface area contributed by atoms with E-state index < -0.39 is 0 Å². The molecule has 0 bridgehead atoms. The van der Waals surface area contributed by atoms with Gasteiger partial charge in [-0.2, -0.15) is 0 Å². The monoisotopic (exact) mass is 309 g/mol. The van der Waals surface area contributed by atoms with Crippen molar-refractivity contribution < 1.29 is 4.79 Å². The van der Waals surface area contributed by atoms with Gasteiger partial charge in [-0.1, -0.05) is 0 Å². The lowest BCUT2D eigenvalue weighted by molar-refractivity contribution is -0.129. The lowest BCUT2D eigenvalue weighted by Crippen LogP contribution is -2.46. The Labute approximate surface area is 127 Å². The number of carbonyl (C=O) groups excluding carboxylic acids is 1. The quantitative estimate of drug-likeness (QED) is 0.823. The van der Waals surface area contributed by atoms with E-state index >= 15 is 0 Å². The minimum Gasteiger partial charge on any atom is -0.352 e. The summed E-state index contributed by atoms with van der Waals surface area (Å²) in [7, 11) is 0. The van der Waals surface area contributed by atoms with Crippen LogP contribution in [0.15, 0.2) is 0 Å². The summed E-state index contributed by atoms with van der Waals surface area (Å²) in [5.41, 5.74) is -0.174. The zero-order chi connectivity index (χ0) is 11.9. The summed E-state index contributed by atoms with van der Waals surface area (Å²) in [5, 5.41) is 6.54. The Morgan fingerprint density at radius 3 is 2.63 bits per heavy atom. The molecule has 0 radical (unpaired) electrons. The Balaban J connectivity index is 0.000000902. The Bertz CT molecular complexity index is 317. The Kier molecular flexibility index (Phi) is 5.93. The van der Waals surface area contributed by atoms with Crippen LogP contribution in [0.25, 0.3) is 0 Å². The maximum atomic E-state index is 12.2. The number of hydrogen-bond donors (Lipinski definition) is 2. The van der Waals surface area contributed by atoms with Crippen molar-refractivity contribution in [3.05, 3.63) is 0 Å². The van der Waals surface area contributed by atoms with Gasteiger partial charge in [-0.25, -0.2) is 0 Å². The van der Waals surface area contributed by atoms with Crippen molar-refractivity contribution in [3.8, 4) is 0 Å². The lowest BCUT2D eigenvalue weighted by Gasteiger charge is -2.24. The molecule has 2 atom stereocenters. The molecule has 2 heterocycles. The summed E-state index contributed by atoms with van der Waals surface area (Å²) in [4.78, 5) is 14.8. The predicted octanol–water partition coefficient (Wildman–Crippen LogP) is 1.18. The maximum Gasteiger partial charge on any atom is 0.227 e. The number of likely N-dealkylation sites (tertiary alicyclic amines) is 1. The first-order valence-electron chi connectivity index (χ1n) is 6.93. The van der Waals surface area contributed by atoms with Crippen molar-refractivity contribution >= 4 is 30.7 Å². The molecule has 1 aliphatic carbocycles. The van der Waals surface area contributed by atoms with Gasteiger partial charge in [0.05, 0.1) is 5.41 Å². The molecule has 6 heteroatoms. The van der Waals surface area contributed by atoms with E-state index in [0.717, 1.165) is 38.5 Å². The second kappa shape index (κ2) is 6.61. The van der Waals surface area contributed by atoms with Gasteiger partial charge < -0.3 is 10.6 Å². The maximum absolute atomic E-state index is 12.2. The molecule has 2 aliphatic heterocycles. The van der Waals surface area contributed by atoms with Crippen LogP contribution in [0.5, 0.6) is 0 Å². The molecule has 0 aromatic rings. The molecule has 3 aliphatic rings. The molecule has 3 rings (SSSR count). The van der Waals surface area contributed by atoms with E-state index in [4.69, 9.17) is 0 Å². The highest BCUT2D eigenvalue weighted by Crippen LogP contribution is 2.30. The summed E-state index contributed by atoms with van der Waals surface area (Å²) in [5.74, 6) is 0.255. The van der Waals surface area contributed by atoms with Crippen molar-refractivity contribution in [1.29, 1.82) is 0 Å². The van der Waals surface area contributed by atoms with E-state index in [0.29, 0.717) is 6.04 Å². The standard InChI is InChI=1S/C13H23N3O.2ClH/c1-13(5-6-14-9-13)12(17)15-10-4-7-16(8-10)11-2-3-11;;/h10-11,14H,2-9H2,1H3,(H,15,17);2*1H. The van der Waals surface area contributed by atoms with Crippen molar-refractivity contribution in [2.75, 3.05) is 26.2 Å². The van der Waals surface area contributed by atoms with Crippen LogP contribution in [0.1, 0.15) is 32.6 Å². The van der Waals surface area contributed by atoms with Crippen molar-refractivity contribution in [3.63, 3.8) is 0 Å².